The summed E-state index contributed by atoms with van der Waals surface area (Å²) in [5.41, 5.74) is 4.48. The van der Waals surface area contributed by atoms with Gasteiger partial charge in [-0.15, -0.1) is 12.4 Å². The number of nitrogens with zero attached hydrogens (tertiary/aromatic N) is 2. The highest BCUT2D eigenvalue weighted by Gasteiger charge is 2.39. The lowest BCUT2D eigenvalue weighted by molar-refractivity contribution is -0.150. The van der Waals surface area contributed by atoms with Crippen LogP contribution in [0.5, 0.6) is 0 Å². The first-order chi connectivity index (χ1) is 16.7. The van der Waals surface area contributed by atoms with Crippen LogP contribution in [0.4, 0.5) is 16.2 Å². The first-order valence-corrected chi connectivity index (χ1v) is 12.9. The number of rotatable bonds is 6. The molecule has 5 rings (SSSR count). The van der Waals surface area contributed by atoms with E-state index in [-0.39, 0.29) is 36.6 Å². The molecule has 2 fully saturated rings. The zero-order chi connectivity index (χ0) is 23.3. The predicted octanol–water partition coefficient (Wildman–Crippen LogP) is 5.27. The second-order valence-electron chi connectivity index (χ2n) is 9.74. The smallest absolute Gasteiger partial charge is 0.329 e. The normalized spacial score (nSPS) is 20.7. The van der Waals surface area contributed by atoms with Crippen LogP contribution >= 0.6 is 12.4 Å². The largest absolute Gasteiger partial charge is 0.462 e. The first-order valence-electron chi connectivity index (χ1n) is 12.9. The first kappa shape index (κ1) is 25.5. The number of esters is 1. The fourth-order valence-corrected chi connectivity index (χ4v) is 5.54. The maximum absolute atomic E-state index is 13.6. The summed E-state index contributed by atoms with van der Waals surface area (Å²) in [4.78, 5) is 30.0. The minimum atomic E-state index is -0.134. The van der Waals surface area contributed by atoms with Gasteiger partial charge in [0.25, 0.3) is 0 Å². The summed E-state index contributed by atoms with van der Waals surface area (Å²) in [6, 6.07) is 16.1. The average molecular weight is 498 g/mol. The Bertz CT molecular complexity index is 1010. The SMILES string of the molecule is Cl.O=C(CCC1CN(c2ccccc2)C(=O)N1c1ccc2c(c1)CCNCC2)OC1CCCCC1. The van der Waals surface area contributed by atoms with E-state index in [9.17, 15) is 9.59 Å². The Hall–Kier alpha value is -2.57. The number of ether oxygens (including phenoxy) is 1. The summed E-state index contributed by atoms with van der Waals surface area (Å²) < 4.78 is 5.76. The lowest BCUT2D eigenvalue weighted by atomic mass is 9.98. The zero-order valence-corrected chi connectivity index (χ0v) is 21.1. The second-order valence-corrected chi connectivity index (χ2v) is 9.74. The van der Waals surface area contributed by atoms with Crippen molar-refractivity contribution in [3.05, 3.63) is 59.7 Å². The highest BCUT2D eigenvalue weighted by Crippen LogP contribution is 2.32. The van der Waals surface area contributed by atoms with Crippen LogP contribution in [0.2, 0.25) is 0 Å². The Kier molecular flexibility index (Phi) is 8.69. The van der Waals surface area contributed by atoms with Gasteiger partial charge in [0, 0.05) is 24.3 Å². The van der Waals surface area contributed by atoms with Crippen LogP contribution in [0, 0.1) is 0 Å². The van der Waals surface area contributed by atoms with Crippen molar-refractivity contribution < 1.29 is 14.3 Å². The molecule has 1 unspecified atom stereocenters. The van der Waals surface area contributed by atoms with Crippen LogP contribution in [0.15, 0.2) is 48.5 Å². The highest BCUT2D eigenvalue weighted by molar-refractivity contribution is 6.07. The number of nitrogens with one attached hydrogen (secondary N) is 1. The molecule has 188 valence electrons. The van der Waals surface area contributed by atoms with Gasteiger partial charge in [-0.25, -0.2) is 4.79 Å². The molecule has 7 heteroatoms. The van der Waals surface area contributed by atoms with Gasteiger partial charge in [-0.1, -0.05) is 30.7 Å². The summed E-state index contributed by atoms with van der Waals surface area (Å²) in [5, 5.41) is 3.46. The number of carbonyl (C=O) groups excluding carboxylic acids is 2. The molecule has 2 aromatic carbocycles. The molecule has 1 atom stereocenters. The monoisotopic (exact) mass is 497 g/mol. The Morgan fingerprint density at radius 2 is 1.69 bits per heavy atom. The number of hydrogen-bond acceptors (Lipinski definition) is 4. The third-order valence-electron chi connectivity index (χ3n) is 7.41. The van der Waals surface area contributed by atoms with Crippen molar-refractivity contribution in [3.8, 4) is 0 Å². The van der Waals surface area contributed by atoms with Crippen LogP contribution in [-0.4, -0.2) is 43.8 Å². The Labute approximate surface area is 214 Å². The van der Waals surface area contributed by atoms with E-state index in [1.165, 1.54) is 17.5 Å². The van der Waals surface area contributed by atoms with Crippen molar-refractivity contribution >= 4 is 35.8 Å². The predicted molar refractivity (Wildman–Crippen MR) is 142 cm³/mol. The topological polar surface area (TPSA) is 61.9 Å². The summed E-state index contributed by atoms with van der Waals surface area (Å²) in [7, 11) is 0. The summed E-state index contributed by atoms with van der Waals surface area (Å²) in [6.07, 6.45) is 8.45. The van der Waals surface area contributed by atoms with E-state index < -0.39 is 0 Å². The molecule has 0 spiro atoms. The number of para-hydroxylation sites is 1. The fourth-order valence-electron chi connectivity index (χ4n) is 5.54. The maximum atomic E-state index is 13.6. The van der Waals surface area contributed by atoms with Gasteiger partial charge in [-0.3, -0.25) is 14.6 Å². The molecule has 2 aliphatic heterocycles. The van der Waals surface area contributed by atoms with Crippen molar-refractivity contribution in [2.45, 2.75) is 69.9 Å². The van der Waals surface area contributed by atoms with E-state index in [0.29, 0.717) is 19.4 Å². The lowest BCUT2D eigenvalue weighted by Gasteiger charge is -2.25. The molecule has 0 aromatic heterocycles. The molecular formula is C28H36ClN3O3. The quantitative estimate of drug-likeness (QED) is 0.552. The number of hydrogen-bond donors (Lipinski definition) is 1. The van der Waals surface area contributed by atoms with Crippen LogP contribution in [0.25, 0.3) is 0 Å². The summed E-state index contributed by atoms with van der Waals surface area (Å²) >= 11 is 0. The van der Waals surface area contributed by atoms with Gasteiger partial charge in [-0.05, 0) is 93.4 Å². The fraction of sp³-hybridized carbons (Fsp3) is 0.500. The van der Waals surface area contributed by atoms with E-state index in [1.54, 1.807) is 0 Å². The number of carbonyl (C=O) groups is 2. The minimum Gasteiger partial charge on any atom is -0.462 e. The second kappa shape index (κ2) is 11.9. The molecule has 2 amide bonds. The van der Waals surface area contributed by atoms with Crippen LogP contribution < -0.4 is 15.1 Å². The Morgan fingerprint density at radius 1 is 0.943 bits per heavy atom. The standard InChI is InChI=1S/C28H35N3O3.ClH/c32-27(34-26-9-5-2-6-10-26)14-13-25-20-30(23-7-3-1-4-8-23)28(33)31(25)24-12-11-21-15-17-29-18-16-22(21)19-24;/h1,3-4,7-8,11-12,19,25-26,29H,2,5-6,9-10,13-18,20H2;1H. The molecule has 1 N–H and O–H groups in total. The van der Waals surface area contributed by atoms with Gasteiger partial charge >= 0.3 is 12.0 Å². The van der Waals surface area contributed by atoms with E-state index >= 15 is 0 Å². The number of anilines is 2. The molecule has 1 saturated heterocycles. The maximum Gasteiger partial charge on any atom is 0.329 e. The molecule has 2 aromatic rings. The number of urea groups is 1. The number of amides is 2. The van der Waals surface area contributed by atoms with Crippen molar-refractivity contribution in [1.29, 1.82) is 0 Å². The number of halogens is 1. The molecule has 35 heavy (non-hydrogen) atoms. The lowest BCUT2D eigenvalue weighted by Crippen LogP contribution is -2.35. The number of fused-ring (bicyclic) bond motifs is 1. The van der Waals surface area contributed by atoms with Crippen LogP contribution in [0.1, 0.15) is 56.1 Å². The molecule has 2 heterocycles. The van der Waals surface area contributed by atoms with Gasteiger partial charge in [-0.2, -0.15) is 0 Å². The Morgan fingerprint density at radius 3 is 2.46 bits per heavy atom. The molecule has 6 nitrogen and oxygen atoms in total. The number of benzene rings is 2. The van der Waals surface area contributed by atoms with Crippen molar-refractivity contribution in [1.82, 2.24) is 5.32 Å². The Balaban J connectivity index is 0.00000289. The summed E-state index contributed by atoms with van der Waals surface area (Å²) in [5.74, 6) is -0.134. The molecule has 0 bridgehead atoms. The molecule has 1 saturated carbocycles. The van der Waals surface area contributed by atoms with Gasteiger partial charge in [0.1, 0.15) is 6.10 Å². The van der Waals surface area contributed by atoms with E-state index in [2.05, 4.69) is 23.5 Å². The molecule has 3 aliphatic rings. The van der Waals surface area contributed by atoms with Crippen molar-refractivity contribution in [2.24, 2.45) is 0 Å². The molecule has 0 radical (unpaired) electrons. The van der Waals surface area contributed by atoms with Crippen LogP contribution in [0.3, 0.4) is 0 Å². The molecule has 1 aliphatic carbocycles. The van der Waals surface area contributed by atoms with Gasteiger partial charge in [0.15, 0.2) is 0 Å². The summed E-state index contributed by atoms with van der Waals surface area (Å²) in [6.45, 7) is 2.51. The third kappa shape index (κ3) is 5.99. The zero-order valence-electron chi connectivity index (χ0n) is 20.3. The molecular weight excluding hydrogens is 462 g/mol. The van der Waals surface area contributed by atoms with Gasteiger partial charge in [0.2, 0.25) is 0 Å². The minimum absolute atomic E-state index is 0. The van der Waals surface area contributed by atoms with Crippen LogP contribution in [-0.2, 0) is 22.4 Å². The van der Waals surface area contributed by atoms with Crippen molar-refractivity contribution in [2.75, 3.05) is 29.4 Å². The third-order valence-corrected chi connectivity index (χ3v) is 7.41. The van der Waals surface area contributed by atoms with Crippen molar-refractivity contribution in [3.63, 3.8) is 0 Å². The van der Waals surface area contributed by atoms with Gasteiger partial charge < -0.3 is 10.1 Å². The average Bonchev–Trinajstić information content (AvgIpc) is 3.02. The van der Waals surface area contributed by atoms with Gasteiger partial charge in [0.05, 0.1) is 6.04 Å². The van der Waals surface area contributed by atoms with E-state index in [1.807, 2.05) is 40.1 Å². The van der Waals surface area contributed by atoms with E-state index in [4.69, 9.17) is 4.74 Å². The highest BCUT2D eigenvalue weighted by atomic mass is 35.5. The van der Waals surface area contributed by atoms with E-state index in [0.717, 1.165) is 63.0 Å².